The molecule has 1 rings (SSSR count). The molecular formula is C8H13F3O. The van der Waals surface area contributed by atoms with Crippen LogP contribution in [0, 0.1) is 5.92 Å². The summed E-state index contributed by atoms with van der Waals surface area (Å²) >= 11 is 0. The summed E-state index contributed by atoms with van der Waals surface area (Å²) in [4.78, 5) is 0. The fourth-order valence-electron chi connectivity index (χ4n) is 1.67. The SMILES string of the molecule is OC1CCCCCC1C(F)(F)F. The fraction of sp³-hybridized carbons (Fsp3) is 1.00. The number of aliphatic hydroxyl groups excluding tert-OH is 1. The summed E-state index contributed by atoms with van der Waals surface area (Å²) in [6.45, 7) is 0. The van der Waals surface area contributed by atoms with Gasteiger partial charge >= 0.3 is 6.18 Å². The van der Waals surface area contributed by atoms with E-state index in [1.807, 2.05) is 0 Å². The van der Waals surface area contributed by atoms with Crippen molar-refractivity contribution >= 4 is 0 Å². The average Bonchev–Trinajstić information content (AvgIpc) is 2.11. The van der Waals surface area contributed by atoms with Gasteiger partial charge in [-0.3, -0.25) is 0 Å². The van der Waals surface area contributed by atoms with Crippen LogP contribution in [0.3, 0.4) is 0 Å². The Labute approximate surface area is 69.6 Å². The Morgan fingerprint density at radius 2 is 1.58 bits per heavy atom. The summed E-state index contributed by atoms with van der Waals surface area (Å²) in [5.74, 6) is -1.49. The number of hydrogen-bond donors (Lipinski definition) is 1. The highest BCUT2D eigenvalue weighted by atomic mass is 19.4. The molecule has 2 atom stereocenters. The zero-order valence-electron chi connectivity index (χ0n) is 6.77. The molecule has 0 saturated heterocycles. The number of aliphatic hydroxyl groups is 1. The molecule has 1 aliphatic rings. The molecule has 1 saturated carbocycles. The maximum absolute atomic E-state index is 12.2. The molecule has 0 aliphatic heterocycles. The average molecular weight is 182 g/mol. The van der Waals surface area contributed by atoms with Gasteiger partial charge < -0.3 is 5.11 Å². The normalized spacial score (nSPS) is 33.0. The zero-order chi connectivity index (χ0) is 9.19. The molecule has 12 heavy (non-hydrogen) atoms. The molecule has 0 aromatic rings. The summed E-state index contributed by atoms with van der Waals surface area (Å²) in [5, 5.41) is 9.16. The van der Waals surface area contributed by atoms with Gasteiger partial charge in [0, 0.05) is 0 Å². The molecule has 4 heteroatoms. The molecule has 0 spiro atoms. The molecule has 1 N–H and O–H groups in total. The zero-order valence-corrected chi connectivity index (χ0v) is 6.77. The van der Waals surface area contributed by atoms with Crippen LogP contribution in [-0.2, 0) is 0 Å². The van der Waals surface area contributed by atoms with Crippen molar-refractivity contribution in [1.29, 1.82) is 0 Å². The predicted molar refractivity (Wildman–Crippen MR) is 38.6 cm³/mol. The molecule has 1 nitrogen and oxygen atoms in total. The van der Waals surface area contributed by atoms with Crippen LogP contribution < -0.4 is 0 Å². The number of halogens is 3. The quantitative estimate of drug-likeness (QED) is 0.570. The molecule has 0 radical (unpaired) electrons. The summed E-state index contributed by atoms with van der Waals surface area (Å²) in [6, 6.07) is 0. The largest absolute Gasteiger partial charge is 0.394 e. The van der Waals surface area contributed by atoms with Crippen molar-refractivity contribution in [3.05, 3.63) is 0 Å². The third kappa shape index (κ3) is 2.37. The Hall–Kier alpha value is -0.250. The first-order valence-corrected chi connectivity index (χ1v) is 4.26. The Morgan fingerprint density at radius 3 is 2.17 bits per heavy atom. The van der Waals surface area contributed by atoms with E-state index in [9.17, 15) is 13.2 Å². The highest BCUT2D eigenvalue weighted by molar-refractivity contribution is 4.78. The van der Waals surface area contributed by atoms with Crippen molar-refractivity contribution in [1.82, 2.24) is 0 Å². The maximum atomic E-state index is 12.2. The van der Waals surface area contributed by atoms with Crippen LogP contribution in [0.4, 0.5) is 13.2 Å². The molecule has 0 amide bonds. The lowest BCUT2D eigenvalue weighted by molar-refractivity contribution is -0.200. The minimum Gasteiger partial charge on any atom is -0.392 e. The van der Waals surface area contributed by atoms with Crippen LogP contribution >= 0.6 is 0 Å². The Kier molecular flexibility index (Phi) is 2.99. The summed E-state index contributed by atoms with van der Waals surface area (Å²) in [5.41, 5.74) is 0. The van der Waals surface area contributed by atoms with E-state index in [1.165, 1.54) is 0 Å². The molecular weight excluding hydrogens is 169 g/mol. The van der Waals surface area contributed by atoms with E-state index in [2.05, 4.69) is 0 Å². The van der Waals surface area contributed by atoms with Crippen LogP contribution in [0.5, 0.6) is 0 Å². The lowest BCUT2D eigenvalue weighted by Crippen LogP contribution is -2.33. The topological polar surface area (TPSA) is 20.2 Å². The number of rotatable bonds is 0. The van der Waals surface area contributed by atoms with Crippen molar-refractivity contribution in [2.75, 3.05) is 0 Å². The lowest BCUT2D eigenvalue weighted by Gasteiger charge is -2.22. The van der Waals surface area contributed by atoms with Crippen molar-refractivity contribution < 1.29 is 18.3 Å². The van der Waals surface area contributed by atoms with Gasteiger partial charge in [-0.25, -0.2) is 0 Å². The fourth-order valence-corrected chi connectivity index (χ4v) is 1.67. The third-order valence-electron chi connectivity index (χ3n) is 2.40. The van der Waals surface area contributed by atoms with Crippen molar-refractivity contribution in [3.63, 3.8) is 0 Å². The second kappa shape index (κ2) is 3.64. The van der Waals surface area contributed by atoms with E-state index >= 15 is 0 Å². The Morgan fingerprint density at radius 1 is 1.00 bits per heavy atom. The first-order valence-electron chi connectivity index (χ1n) is 4.26. The van der Waals surface area contributed by atoms with Crippen molar-refractivity contribution in [2.24, 2.45) is 5.92 Å². The molecule has 2 unspecified atom stereocenters. The highest BCUT2D eigenvalue weighted by Crippen LogP contribution is 2.36. The van der Waals surface area contributed by atoms with Crippen LogP contribution in [0.25, 0.3) is 0 Å². The van der Waals surface area contributed by atoms with Gasteiger partial charge in [0.25, 0.3) is 0 Å². The second-order valence-electron chi connectivity index (χ2n) is 3.35. The molecule has 0 aromatic carbocycles. The second-order valence-corrected chi connectivity index (χ2v) is 3.35. The van der Waals surface area contributed by atoms with Crippen LogP contribution in [0.1, 0.15) is 32.1 Å². The van der Waals surface area contributed by atoms with Gasteiger partial charge in [0.05, 0.1) is 12.0 Å². The monoisotopic (exact) mass is 182 g/mol. The van der Waals surface area contributed by atoms with Gasteiger partial charge in [-0.15, -0.1) is 0 Å². The first kappa shape index (κ1) is 9.84. The lowest BCUT2D eigenvalue weighted by atomic mass is 9.97. The summed E-state index contributed by atoms with van der Waals surface area (Å²) < 4.78 is 36.6. The minimum absolute atomic E-state index is 0.0880. The van der Waals surface area contributed by atoms with Crippen LogP contribution in [0.2, 0.25) is 0 Å². The first-order chi connectivity index (χ1) is 5.52. The van der Waals surface area contributed by atoms with E-state index in [-0.39, 0.29) is 6.42 Å². The van der Waals surface area contributed by atoms with E-state index < -0.39 is 18.2 Å². The summed E-state index contributed by atoms with van der Waals surface area (Å²) in [7, 11) is 0. The van der Waals surface area contributed by atoms with Gasteiger partial charge in [-0.2, -0.15) is 13.2 Å². The third-order valence-corrected chi connectivity index (χ3v) is 2.40. The number of alkyl halides is 3. The Bertz CT molecular complexity index is 144. The molecule has 0 aromatic heterocycles. The van der Waals surface area contributed by atoms with Gasteiger partial charge in [0.15, 0.2) is 0 Å². The smallest absolute Gasteiger partial charge is 0.392 e. The Balaban J connectivity index is 2.59. The van der Waals surface area contributed by atoms with Crippen molar-refractivity contribution in [2.45, 2.75) is 44.4 Å². The molecule has 0 heterocycles. The van der Waals surface area contributed by atoms with E-state index in [0.29, 0.717) is 19.3 Å². The molecule has 0 bridgehead atoms. The van der Waals surface area contributed by atoms with Crippen LogP contribution in [-0.4, -0.2) is 17.4 Å². The van der Waals surface area contributed by atoms with Crippen LogP contribution in [0.15, 0.2) is 0 Å². The van der Waals surface area contributed by atoms with E-state index in [0.717, 1.165) is 6.42 Å². The standard InChI is InChI=1S/C8H13F3O/c9-8(10,11)6-4-2-1-3-5-7(6)12/h6-7,12H,1-5H2. The van der Waals surface area contributed by atoms with E-state index in [4.69, 9.17) is 5.11 Å². The predicted octanol–water partition coefficient (Wildman–Crippen LogP) is 2.49. The van der Waals surface area contributed by atoms with E-state index in [1.54, 1.807) is 0 Å². The summed E-state index contributed by atoms with van der Waals surface area (Å²) in [6.07, 6.45) is -2.90. The molecule has 1 fully saturated rings. The van der Waals surface area contributed by atoms with Crippen molar-refractivity contribution in [3.8, 4) is 0 Å². The van der Waals surface area contributed by atoms with Gasteiger partial charge in [-0.05, 0) is 12.8 Å². The number of hydrogen-bond acceptors (Lipinski definition) is 1. The van der Waals surface area contributed by atoms with Gasteiger partial charge in [0.1, 0.15) is 0 Å². The van der Waals surface area contributed by atoms with Gasteiger partial charge in [-0.1, -0.05) is 19.3 Å². The maximum Gasteiger partial charge on any atom is 0.394 e. The van der Waals surface area contributed by atoms with Gasteiger partial charge in [0.2, 0.25) is 0 Å². The minimum atomic E-state index is -4.22. The highest BCUT2D eigenvalue weighted by Gasteiger charge is 2.43. The molecule has 1 aliphatic carbocycles. The molecule has 72 valence electrons.